The number of halogens is 1. The molecule has 3 aromatic carbocycles. The summed E-state index contributed by atoms with van der Waals surface area (Å²) in [5.41, 5.74) is 9.51. The number of carbonyl (C=O) groups excluding carboxylic acids is 1. The second-order valence-electron chi connectivity index (χ2n) is 10.2. The summed E-state index contributed by atoms with van der Waals surface area (Å²) in [6, 6.07) is 18.5. The first-order valence-corrected chi connectivity index (χ1v) is 13.2. The molecule has 6 nitrogen and oxygen atoms in total. The molecule has 1 atom stereocenters. The summed E-state index contributed by atoms with van der Waals surface area (Å²) >= 11 is 0. The highest BCUT2D eigenvalue weighted by molar-refractivity contribution is 5.94. The van der Waals surface area contributed by atoms with E-state index in [-0.39, 0.29) is 37.5 Å². The maximum atomic E-state index is 15.4. The first kappa shape index (κ1) is 28.3. The van der Waals surface area contributed by atoms with Gasteiger partial charge in [-0.05, 0) is 42.7 Å². The Morgan fingerprint density at radius 3 is 2.51 bits per heavy atom. The molecule has 0 spiro atoms. The van der Waals surface area contributed by atoms with Crippen LogP contribution < -0.4 is 10.5 Å². The first-order valence-electron chi connectivity index (χ1n) is 13.2. The van der Waals surface area contributed by atoms with E-state index >= 15 is 4.39 Å². The number of hydrogen-bond acceptors (Lipinski definition) is 6. The van der Waals surface area contributed by atoms with Crippen LogP contribution in [-0.2, 0) is 40.3 Å². The van der Waals surface area contributed by atoms with Crippen molar-refractivity contribution in [1.82, 2.24) is 0 Å². The summed E-state index contributed by atoms with van der Waals surface area (Å²) in [5, 5.41) is 0.878. The predicted molar refractivity (Wildman–Crippen MR) is 150 cm³/mol. The molecule has 0 amide bonds. The number of rotatable bonds is 12. The maximum absolute atomic E-state index is 15.4. The van der Waals surface area contributed by atoms with Gasteiger partial charge in [-0.1, -0.05) is 50.2 Å². The van der Waals surface area contributed by atoms with E-state index in [0.29, 0.717) is 40.5 Å². The minimum atomic E-state index is -0.356. The third-order valence-electron chi connectivity index (χ3n) is 6.36. The zero-order valence-electron chi connectivity index (χ0n) is 23.0. The lowest BCUT2D eigenvalue weighted by Gasteiger charge is -2.15. The molecule has 0 aliphatic rings. The Bertz CT molecular complexity index is 1430. The molecule has 0 fully saturated rings. The van der Waals surface area contributed by atoms with E-state index in [4.69, 9.17) is 24.4 Å². The Balaban J connectivity index is 1.64. The van der Waals surface area contributed by atoms with Gasteiger partial charge in [0.2, 0.25) is 0 Å². The smallest absolute Gasteiger partial charge is 0.310 e. The molecular formula is C32H36FNO5. The van der Waals surface area contributed by atoms with Crippen molar-refractivity contribution in [1.29, 1.82) is 0 Å². The molecule has 206 valence electrons. The Labute approximate surface area is 228 Å². The van der Waals surface area contributed by atoms with Gasteiger partial charge in [0.05, 0.1) is 13.0 Å². The Morgan fingerprint density at radius 2 is 1.77 bits per heavy atom. The number of benzene rings is 3. The van der Waals surface area contributed by atoms with Crippen LogP contribution in [0.5, 0.6) is 5.75 Å². The van der Waals surface area contributed by atoms with Crippen molar-refractivity contribution in [2.24, 2.45) is 11.7 Å². The van der Waals surface area contributed by atoms with Crippen molar-refractivity contribution in [3.63, 3.8) is 0 Å². The highest BCUT2D eigenvalue weighted by Crippen LogP contribution is 2.36. The van der Waals surface area contributed by atoms with Gasteiger partial charge in [-0.2, -0.15) is 0 Å². The summed E-state index contributed by atoms with van der Waals surface area (Å²) in [6.45, 7) is 6.69. The van der Waals surface area contributed by atoms with Crippen LogP contribution in [0.15, 0.2) is 65.1 Å². The second kappa shape index (κ2) is 12.9. The van der Waals surface area contributed by atoms with Crippen LogP contribution >= 0.6 is 0 Å². The van der Waals surface area contributed by atoms with Gasteiger partial charge in [0.1, 0.15) is 35.6 Å². The van der Waals surface area contributed by atoms with Crippen LogP contribution in [-0.4, -0.2) is 25.8 Å². The van der Waals surface area contributed by atoms with E-state index in [9.17, 15) is 4.79 Å². The lowest BCUT2D eigenvalue weighted by molar-refractivity contribution is -0.149. The van der Waals surface area contributed by atoms with Gasteiger partial charge in [0.25, 0.3) is 0 Å². The third kappa shape index (κ3) is 7.05. The fraction of sp³-hybridized carbons (Fsp3) is 0.344. The molecule has 39 heavy (non-hydrogen) atoms. The number of esters is 1. The van der Waals surface area contributed by atoms with E-state index < -0.39 is 0 Å². The topological polar surface area (TPSA) is 83.9 Å². The normalized spacial score (nSPS) is 12.2. The monoisotopic (exact) mass is 533 g/mol. The van der Waals surface area contributed by atoms with Crippen LogP contribution in [0.1, 0.15) is 43.2 Å². The Kier molecular flexibility index (Phi) is 9.38. The zero-order chi connectivity index (χ0) is 27.9. The van der Waals surface area contributed by atoms with Crippen LogP contribution in [0.3, 0.4) is 0 Å². The predicted octanol–water partition coefficient (Wildman–Crippen LogP) is 6.60. The van der Waals surface area contributed by atoms with Gasteiger partial charge in [-0.15, -0.1) is 0 Å². The van der Waals surface area contributed by atoms with Gasteiger partial charge < -0.3 is 24.4 Å². The van der Waals surface area contributed by atoms with Gasteiger partial charge in [0, 0.05) is 47.7 Å². The molecule has 4 aromatic rings. The summed E-state index contributed by atoms with van der Waals surface area (Å²) in [6.07, 6.45) is 0.512. The molecule has 0 saturated heterocycles. The molecule has 0 bridgehead atoms. The number of furan rings is 1. The number of methoxy groups -OCH3 is 1. The molecule has 2 N–H and O–H groups in total. The largest absolute Gasteiger partial charge is 0.489 e. The fourth-order valence-electron chi connectivity index (χ4n) is 4.64. The summed E-state index contributed by atoms with van der Waals surface area (Å²) in [7, 11) is 1.56. The van der Waals surface area contributed by atoms with Gasteiger partial charge >= 0.3 is 5.97 Å². The van der Waals surface area contributed by atoms with Gasteiger partial charge in [0.15, 0.2) is 0 Å². The quantitative estimate of drug-likeness (QED) is 0.207. The zero-order valence-corrected chi connectivity index (χ0v) is 23.0. The van der Waals surface area contributed by atoms with Crippen LogP contribution in [0, 0.1) is 11.7 Å². The maximum Gasteiger partial charge on any atom is 0.310 e. The summed E-state index contributed by atoms with van der Waals surface area (Å²) < 4.78 is 38.3. The van der Waals surface area contributed by atoms with Crippen molar-refractivity contribution in [3.05, 3.63) is 88.9 Å². The number of nitrogens with two attached hydrogens (primary N) is 1. The van der Waals surface area contributed by atoms with Gasteiger partial charge in [-0.25, -0.2) is 4.39 Å². The van der Waals surface area contributed by atoms with E-state index in [1.165, 1.54) is 0 Å². The lowest BCUT2D eigenvalue weighted by Crippen LogP contribution is -2.21. The first-order chi connectivity index (χ1) is 18.8. The molecule has 0 saturated carbocycles. The minimum Gasteiger partial charge on any atom is -0.489 e. The van der Waals surface area contributed by atoms with E-state index in [0.717, 1.165) is 28.7 Å². The SMILES string of the molecule is COCC(C)OC(=O)Cc1ccccc1OCc1cc(-c2cccc(CN)c2F)c2oc(CC(C)C)cc2c1. The minimum absolute atomic E-state index is 0.0753. The molecule has 1 aromatic heterocycles. The van der Waals surface area contributed by atoms with E-state index in [1.807, 2.05) is 42.5 Å². The van der Waals surface area contributed by atoms with Crippen molar-refractivity contribution >= 4 is 16.9 Å². The average molecular weight is 534 g/mol. The number of carbonyl (C=O) groups is 1. The molecule has 4 rings (SSSR count). The Hall–Kier alpha value is -3.68. The van der Waals surface area contributed by atoms with Crippen LogP contribution in [0.2, 0.25) is 0 Å². The molecule has 0 aliphatic carbocycles. The van der Waals surface area contributed by atoms with Crippen molar-refractivity contribution in [2.75, 3.05) is 13.7 Å². The third-order valence-corrected chi connectivity index (χ3v) is 6.36. The van der Waals surface area contributed by atoms with Crippen LogP contribution in [0.25, 0.3) is 22.1 Å². The highest BCUT2D eigenvalue weighted by Gasteiger charge is 2.18. The van der Waals surface area contributed by atoms with E-state index in [2.05, 4.69) is 13.8 Å². The average Bonchev–Trinajstić information content (AvgIpc) is 3.29. The summed E-state index contributed by atoms with van der Waals surface area (Å²) in [5.74, 6) is 1.13. The van der Waals surface area contributed by atoms with Crippen molar-refractivity contribution in [2.45, 2.75) is 52.9 Å². The number of fused-ring (bicyclic) bond motifs is 1. The van der Waals surface area contributed by atoms with E-state index in [1.54, 1.807) is 32.2 Å². The Morgan fingerprint density at radius 1 is 1.00 bits per heavy atom. The van der Waals surface area contributed by atoms with Gasteiger partial charge in [-0.3, -0.25) is 4.79 Å². The molecule has 1 unspecified atom stereocenters. The number of ether oxygens (including phenoxy) is 3. The van der Waals surface area contributed by atoms with Crippen LogP contribution in [0.4, 0.5) is 4.39 Å². The molecule has 0 aliphatic heterocycles. The van der Waals surface area contributed by atoms with Crippen molar-refractivity contribution < 1.29 is 27.8 Å². The molecule has 0 radical (unpaired) electrons. The highest BCUT2D eigenvalue weighted by atomic mass is 19.1. The number of hydrogen-bond donors (Lipinski definition) is 1. The standard InChI is InChI=1S/C32H36FNO5/c1-20(2)12-26-15-25-13-22(14-28(32(25)39-26)27-10-7-9-24(17-34)31(27)33)19-37-29-11-6-5-8-23(29)16-30(35)38-21(3)18-36-4/h5-11,13-15,20-21H,12,16-19,34H2,1-4H3. The molecule has 7 heteroatoms. The number of para-hydroxylation sites is 1. The molecule has 1 heterocycles. The fourth-order valence-corrected chi connectivity index (χ4v) is 4.64. The lowest BCUT2D eigenvalue weighted by atomic mass is 9.98. The summed E-state index contributed by atoms with van der Waals surface area (Å²) in [4.78, 5) is 12.4. The molecular weight excluding hydrogens is 497 g/mol. The van der Waals surface area contributed by atoms with Crippen molar-refractivity contribution in [3.8, 4) is 16.9 Å². The second-order valence-corrected chi connectivity index (χ2v) is 10.2.